The lowest BCUT2D eigenvalue weighted by Crippen LogP contribution is -2.37. The van der Waals surface area contributed by atoms with E-state index in [1.165, 1.54) is 0 Å². The van der Waals surface area contributed by atoms with Crippen molar-refractivity contribution in [3.05, 3.63) is 47.8 Å². The molecule has 126 valence electrons. The number of likely N-dealkylation sites (N-methyl/N-ethyl adjacent to an activating group) is 1. The lowest BCUT2D eigenvalue weighted by molar-refractivity contribution is -0.123. The van der Waals surface area contributed by atoms with Gasteiger partial charge in [0.2, 0.25) is 5.91 Å². The molecule has 0 aliphatic carbocycles. The van der Waals surface area contributed by atoms with Gasteiger partial charge in [0.15, 0.2) is 0 Å². The van der Waals surface area contributed by atoms with Crippen LogP contribution in [0, 0.1) is 0 Å². The fourth-order valence-corrected chi connectivity index (χ4v) is 2.33. The first-order valence-corrected chi connectivity index (χ1v) is 7.15. The number of carbonyl (C=O) groups is 1. The zero-order chi connectivity index (χ0) is 16.1. The van der Waals surface area contributed by atoms with E-state index in [0.29, 0.717) is 0 Å². The molecule has 2 atom stereocenters. The Kier molecular flexibility index (Phi) is 7.06. The Bertz CT molecular complexity index is 645. The van der Waals surface area contributed by atoms with Crippen molar-refractivity contribution < 1.29 is 9.53 Å². The molecule has 1 aromatic carbocycles. The molecule has 2 N–H and O–H groups in total. The van der Waals surface area contributed by atoms with E-state index >= 15 is 0 Å². The molecule has 0 fully saturated rings. The number of halogens is 1. The molecule has 0 aliphatic heterocycles. The fraction of sp³-hybridized carbons (Fsp3) is 0.375. The first kappa shape index (κ1) is 19.0. The Hall–Kier alpha value is -2.05. The summed E-state index contributed by atoms with van der Waals surface area (Å²) in [7, 11) is 5.21. The van der Waals surface area contributed by atoms with Crippen molar-refractivity contribution in [1.29, 1.82) is 0 Å². The quantitative estimate of drug-likeness (QED) is 0.845. The molecule has 2 unspecified atom stereocenters. The van der Waals surface area contributed by atoms with E-state index in [2.05, 4.69) is 15.7 Å². The minimum absolute atomic E-state index is 0. The number of amides is 1. The maximum Gasteiger partial charge on any atom is 0.242 e. The highest BCUT2D eigenvalue weighted by molar-refractivity contribution is 5.85. The molecule has 1 heterocycles. The van der Waals surface area contributed by atoms with E-state index in [0.717, 1.165) is 16.9 Å². The van der Waals surface area contributed by atoms with E-state index in [4.69, 9.17) is 4.74 Å². The summed E-state index contributed by atoms with van der Waals surface area (Å²) in [6, 6.07) is 7.13. The number of aromatic nitrogens is 2. The van der Waals surface area contributed by atoms with Gasteiger partial charge in [-0.15, -0.1) is 12.4 Å². The van der Waals surface area contributed by atoms with Crippen LogP contribution in [-0.2, 0) is 11.8 Å². The van der Waals surface area contributed by atoms with Crippen molar-refractivity contribution in [3.63, 3.8) is 0 Å². The zero-order valence-corrected chi connectivity index (χ0v) is 14.6. The van der Waals surface area contributed by atoms with E-state index in [1.807, 2.05) is 44.4 Å². The Morgan fingerprint density at radius 3 is 2.65 bits per heavy atom. The summed E-state index contributed by atoms with van der Waals surface area (Å²) in [5.74, 6) is 0.682. The SMILES string of the molecule is CNC(C(=O)NC(C)c1cccc(OC)c1)c1cnn(C)c1.Cl. The lowest BCUT2D eigenvalue weighted by atomic mass is 10.1. The molecular weight excluding hydrogens is 316 g/mol. The van der Waals surface area contributed by atoms with E-state index in [1.54, 1.807) is 25.0 Å². The predicted octanol–water partition coefficient (Wildman–Crippen LogP) is 1.99. The predicted molar refractivity (Wildman–Crippen MR) is 91.8 cm³/mol. The maximum atomic E-state index is 12.5. The van der Waals surface area contributed by atoms with Gasteiger partial charge >= 0.3 is 0 Å². The highest BCUT2D eigenvalue weighted by atomic mass is 35.5. The van der Waals surface area contributed by atoms with Crippen LogP contribution < -0.4 is 15.4 Å². The van der Waals surface area contributed by atoms with Gasteiger partial charge in [0.1, 0.15) is 11.8 Å². The number of methoxy groups -OCH3 is 1. The van der Waals surface area contributed by atoms with Crippen LogP contribution in [0.3, 0.4) is 0 Å². The number of carbonyl (C=O) groups excluding carboxylic acids is 1. The first-order valence-electron chi connectivity index (χ1n) is 7.15. The molecule has 0 aliphatic rings. The molecule has 2 rings (SSSR count). The van der Waals surface area contributed by atoms with Gasteiger partial charge in [-0.05, 0) is 31.7 Å². The number of benzene rings is 1. The Morgan fingerprint density at radius 1 is 1.35 bits per heavy atom. The molecule has 23 heavy (non-hydrogen) atoms. The average molecular weight is 339 g/mol. The summed E-state index contributed by atoms with van der Waals surface area (Å²) in [6.45, 7) is 1.95. The summed E-state index contributed by atoms with van der Waals surface area (Å²) in [4.78, 5) is 12.5. The van der Waals surface area contributed by atoms with Crippen molar-refractivity contribution in [2.75, 3.05) is 14.2 Å². The molecule has 0 saturated heterocycles. The van der Waals surface area contributed by atoms with Gasteiger partial charge in [0.05, 0.1) is 19.3 Å². The number of aryl methyl sites for hydroxylation is 1. The Balaban J connectivity index is 0.00000264. The second kappa shape index (κ2) is 8.55. The van der Waals surface area contributed by atoms with Crippen LogP contribution in [0.2, 0.25) is 0 Å². The topological polar surface area (TPSA) is 68.2 Å². The normalized spacial score (nSPS) is 12.9. The summed E-state index contributed by atoms with van der Waals surface area (Å²) in [5, 5.41) is 10.1. The fourth-order valence-electron chi connectivity index (χ4n) is 2.33. The van der Waals surface area contributed by atoms with Crippen LogP contribution in [0.1, 0.15) is 30.1 Å². The minimum Gasteiger partial charge on any atom is -0.497 e. The summed E-state index contributed by atoms with van der Waals surface area (Å²) < 4.78 is 6.89. The van der Waals surface area contributed by atoms with Crippen LogP contribution >= 0.6 is 12.4 Å². The molecule has 0 bridgehead atoms. The lowest BCUT2D eigenvalue weighted by Gasteiger charge is -2.19. The van der Waals surface area contributed by atoms with Crippen LogP contribution in [0.15, 0.2) is 36.7 Å². The zero-order valence-electron chi connectivity index (χ0n) is 13.7. The van der Waals surface area contributed by atoms with Gasteiger partial charge in [-0.2, -0.15) is 5.10 Å². The highest BCUT2D eigenvalue weighted by Crippen LogP contribution is 2.20. The molecule has 2 aromatic rings. The van der Waals surface area contributed by atoms with E-state index in [-0.39, 0.29) is 24.4 Å². The number of hydrogen-bond acceptors (Lipinski definition) is 4. The number of nitrogens with one attached hydrogen (secondary N) is 2. The molecular formula is C16H23ClN4O2. The van der Waals surface area contributed by atoms with Crippen LogP contribution in [0.5, 0.6) is 5.75 Å². The molecule has 1 aromatic heterocycles. The van der Waals surface area contributed by atoms with Crippen LogP contribution in [-0.4, -0.2) is 29.8 Å². The van der Waals surface area contributed by atoms with E-state index < -0.39 is 6.04 Å². The van der Waals surface area contributed by atoms with Crippen LogP contribution in [0.4, 0.5) is 0 Å². The molecule has 0 radical (unpaired) electrons. The van der Waals surface area contributed by atoms with Crippen molar-refractivity contribution in [2.45, 2.75) is 19.0 Å². The van der Waals surface area contributed by atoms with Crippen molar-refractivity contribution in [3.8, 4) is 5.75 Å². The summed E-state index contributed by atoms with van der Waals surface area (Å²) in [5.41, 5.74) is 1.83. The van der Waals surface area contributed by atoms with Gasteiger partial charge in [-0.1, -0.05) is 12.1 Å². The van der Waals surface area contributed by atoms with E-state index in [9.17, 15) is 4.79 Å². The average Bonchev–Trinajstić information content (AvgIpc) is 2.94. The monoisotopic (exact) mass is 338 g/mol. The molecule has 7 heteroatoms. The van der Waals surface area contributed by atoms with Gasteiger partial charge < -0.3 is 15.4 Å². The standard InChI is InChI=1S/C16H22N4O2.ClH/c1-11(12-6-5-7-14(8-12)22-4)19-16(21)15(17-2)13-9-18-20(3)10-13;/h5-11,15,17H,1-4H3,(H,19,21);1H. The largest absolute Gasteiger partial charge is 0.497 e. The third kappa shape index (κ3) is 4.71. The van der Waals surface area contributed by atoms with Gasteiger partial charge in [0, 0.05) is 18.8 Å². The van der Waals surface area contributed by atoms with Crippen molar-refractivity contribution >= 4 is 18.3 Å². The second-order valence-corrected chi connectivity index (χ2v) is 5.18. The van der Waals surface area contributed by atoms with Crippen molar-refractivity contribution in [2.24, 2.45) is 7.05 Å². The molecule has 0 spiro atoms. The highest BCUT2D eigenvalue weighted by Gasteiger charge is 2.22. The van der Waals surface area contributed by atoms with Gasteiger partial charge in [-0.3, -0.25) is 9.48 Å². The maximum absolute atomic E-state index is 12.5. The molecule has 6 nitrogen and oxygen atoms in total. The smallest absolute Gasteiger partial charge is 0.242 e. The Labute approximate surface area is 142 Å². The van der Waals surface area contributed by atoms with Gasteiger partial charge in [0.25, 0.3) is 0 Å². The Morgan fingerprint density at radius 2 is 2.09 bits per heavy atom. The number of ether oxygens (including phenoxy) is 1. The molecule has 0 saturated carbocycles. The first-order chi connectivity index (χ1) is 10.5. The summed E-state index contributed by atoms with van der Waals surface area (Å²) >= 11 is 0. The minimum atomic E-state index is -0.429. The third-order valence-corrected chi connectivity index (χ3v) is 3.56. The second-order valence-electron chi connectivity index (χ2n) is 5.18. The summed E-state index contributed by atoms with van der Waals surface area (Å²) in [6.07, 6.45) is 3.52. The third-order valence-electron chi connectivity index (χ3n) is 3.56. The van der Waals surface area contributed by atoms with Crippen molar-refractivity contribution in [1.82, 2.24) is 20.4 Å². The molecule has 1 amide bonds. The number of rotatable bonds is 6. The number of hydrogen-bond donors (Lipinski definition) is 2. The van der Waals surface area contributed by atoms with Crippen LogP contribution in [0.25, 0.3) is 0 Å². The van der Waals surface area contributed by atoms with Gasteiger partial charge in [-0.25, -0.2) is 0 Å². The number of nitrogens with zero attached hydrogens (tertiary/aromatic N) is 2.